The zero-order chi connectivity index (χ0) is 21.3. The van der Waals surface area contributed by atoms with Crippen LogP contribution in [0.5, 0.6) is 0 Å². The molecule has 4 rings (SSSR count). The molecule has 2 unspecified atom stereocenters. The zero-order valence-electron chi connectivity index (χ0n) is 17.0. The van der Waals surface area contributed by atoms with Crippen LogP contribution in [0.4, 0.5) is 0 Å². The van der Waals surface area contributed by atoms with Crippen LogP contribution in [0.25, 0.3) is 0 Å². The minimum absolute atomic E-state index is 0.102. The number of aromatic nitrogens is 4. The number of rotatable bonds is 8. The van der Waals surface area contributed by atoms with E-state index in [-0.39, 0.29) is 17.8 Å². The van der Waals surface area contributed by atoms with Gasteiger partial charge in [-0.2, -0.15) is 0 Å². The summed E-state index contributed by atoms with van der Waals surface area (Å²) < 4.78 is 1.75. The number of tetrazole rings is 1. The van der Waals surface area contributed by atoms with E-state index >= 15 is 0 Å². The van der Waals surface area contributed by atoms with Gasteiger partial charge < -0.3 is 25.5 Å². The molecule has 1 aromatic heterocycles. The Labute approximate surface area is 183 Å². The minimum atomic E-state index is -1.03. The van der Waals surface area contributed by atoms with Gasteiger partial charge in [0.05, 0.1) is 0 Å². The van der Waals surface area contributed by atoms with Crippen molar-refractivity contribution in [1.29, 1.82) is 0 Å². The molecule has 11 nitrogen and oxygen atoms in total. The van der Waals surface area contributed by atoms with Gasteiger partial charge in [-0.1, -0.05) is 11.8 Å². The molecule has 1 amide bonds. The number of hydrogen-bond acceptors (Lipinski definition) is 10. The van der Waals surface area contributed by atoms with E-state index in [1.807, 2.05) is 0 Å². The van der Waals surface area contributed by atoms with Gasteiger partial charge in [0, 0.05) is 57.3 Å². The maximum atomic E-state index is 12.1. The number of carbonyl (C=O) groups excluding carboxylic acids is 1. The molecular weight excluding hydrogens is 428 g/mol. The molecule has 0 saturated carbocycles. The number of aryl methyl sites for hydroxylation is 1. The van der Waals surface area contributed by atoms with Crippen LogP contribution in [0.15, 0.2) is 5.16 Å². The summed E-state index contributed by atoms with van der Waals surface area (Å²) in [4.78, 5) is 30.5. The lowest BCUT2D eigenvalue weighted by molar-refractivity contribution is -0.155. The molecule has 3 N–H and O–H groups in total. The highest BCUT2D eigenvalue weighted by atomic mass is 32.2. The first-order valence-electron chi connectivity index (χ1n) is 10.1. The number of carbonyl (C=O) groups is 2. The second-order valence-electron chi connectivity index (χ2n) is 8.25. The number of amides is 1. The van der Waals surface area contributed by atoms with Crippen LogP contribution in [0.1, 0.15) is 6.42 Å². The lowest BCUT2D eigenvalue weighted by Gasteiger charge is -2.52. The number of nitrogens with zero attached hydrogens (tertiary/aromatic N) is 7. The lowest BCUT2D eigenvalue weighted by Crippen LogP contribution is -2.72. The average Bonchev–Trinajstić information content (AvgIpc) is 3.20. The van der Waals surface area contributed by atoms with Crippen molar-refractivity contribution < 1.29 is 14.7 Å². The van der Waals surface area contributed by atoms with Gasteiger partial charge in [-0.3, -0.25) is 9.59 Å². The number of piperazine rings is 1. The van der Waals surface area contributed by atoms with Crippen molar-refractivity contribution in [2.24, 2.45) is 11.1 Å². The number of β-lactam (4-membered cyclic amide) rings is 1. The summed E-state index contributed by atoms with van der Waals surface area (Å²) in [6.45, 7) is 6.20. The maximum Gasteiger partial charge on any atom is 0.313 e. The Bertz CT molecular complexity index is 787. The van der Waals surface area contributed by atoms with Crippen molar-refractivity contribution in [2.75, 3.05) is 57.8 Å². The number of carboxylic acids is 1. The first-order chi connectivity index (χ1) is 14.4. The van der Waals surface area contributed by atoms with Gasteiger partial charge in [-0.05, 0) is 23.9 Å². The van der Waals surface area contributed by atoms with Gasteiger partial charge in [0.2, 0.25) is 11.1 Å². The Morgan fingerprint density at radius 3 is 2.83 bits per heavy atom. The highest BCUT2D eigenvalue weighted by molar-refractivity contribution is 8.00. The molecule has 30 heavy (non-hydrogen) atoms. The summed E-state index contributed by atoms with van der Waals surface area (Å²) in [6.07, 6.45) is 0.935. The molecule has 3 saturated heterocycles. The summed E-state index contributed by atoms with van der Waals surface area (Å²) >= 11 is 2.80. The number of hydrogen-bond donors (Lipinski definition) is 2. The molecule has 3 atom stereocenters. The first-order valence-corrected chi connectivity index (χ1v) is 12.1. The molecule has 1 aromatic rings. The third kappa shape index (κ3) is 4.31. The third-order valence-corrected chi connectivity index (χ3v) is 8.91. The van der Waals surface area contributed by atoms with Crippen LogP contribution in [0.2, 0.25) is 0 Å². The zero-order valence-corrected chi connectivity index (χ0v) is 18.6. The quantitative estimate of drug-likeness (QED) is 0.358. The number of fused-ring (bicyclic) bond motifs is 1. The molecule has 166 valence electrons. The van der Waals surface area contributed by atoms with E-state index in [0.29, 0.717) is 23.2 Å². The number of aliphatic carboxylic acids is 1. The monoisotopic (exact) mass is 456 g/mol. The van der Waals surface area contributed by atoms with E-state index in [9.17, 15) is 14.7 Å². The van der Waals surface area contributed by atoms with Gasteiger partial charge in [-0.25, -0.2) is 4.68 Å². The Kier molecular flexibility index (Phi) is 6.53. The van der Waals surface area contributed by atoms with Crippen molar-refractivity contribution in [2.45, 2.75) is 29.5 Å². The van der Waals surface area contributed by atoms with E-state index in [1.54, 1.807) is 9.58 Å². The average molecular weight is 457 g/mol. The smallest absolute Gasteiger partial charge is 0.313 e. The predicted octanol–water partition coefficient (Wildman–Crippen LogP) is -1.28. The number of thioether (sulfide) groups is 2. The van der Waals surface area contributed by atoms with Gasteiger partial charge in [0.15, 0.2) is 0 Å². The number of likely N-dealkylation sites (N-methyl/N-ethyl adjacent to an activating group) is 1. The summed E-state index contributed by atoms with van der Waals surface area (Å²) in [6, 6.07) is -0.512. The second kappa shape index (κ2) is 8.99. The normalized spacial score (nSPS) is 30.2. The maximum absolute atomic E-state index is 12.1. The van der Waals surface area contributed by atoms with Crippen molar-refractivity contribution in [3.05, 3.63) is 0 Å². The fraction of sp³-hybridized carbons (Fsp3) is 0.824. The van der Waals surface area contributed by atoms with Crippen LogP contribution < -0.4 is 5.73 Å². The molecule has 0 spiro atoms. The van der Waals surface area contributed by atoms with Gasteiger partial charge in [0.25, 0.3) is 0 Å². The van der Waals surface area contributed by atoms with Crippen molar-refractivity contribution in [1.82, 2.24) is 34.9 Å². The van der Waals surface area contributed by atoms with E-state index in [2.05, 4.69) is 32.4 Å². The van der Waals surface area contributed by atoms with E-state index in [4.69, 9.17) is 5.73 Å². The number of carboxylic acid groups (broad SMARTS) is 1. The first kappa shape index (κ1) is 21.8. The van der Waals surface area contributed by atoms with E-state index < -0.39 is 17.4 Å². The van der Waals surface area contributed by atoms with Crippen LogP contribution in [-0.4, -0.2) is 121 Å². The Hall–Kier alpha value is -1.41. The third-order valence-electron chi connectivity index (χ3n) is 6.06. The molecule has 3 aliphatic heterocycles. The lowest BCUT2D eigenvalue weighted by atomic mass is 9.89. The predicted molar refractivity (Wildman–Crippen MR) is 113 cm³/mol. The molecule has 0 aromatic carbocycles. The second-order valence-corrected chi connectivity index (χ2v) is 10.3. The van der Waals surface area contributed by atoms with Crippen LogP contribution in [0, 0.1) is 5.41 Å². The highest BCUT2D eigenvalue weighted by Crippen LogP contribution is 2.43. The van der Waals surface area contributed by atoms with Crippen molar-refractivity contribution >= 4 is 35.4 Å². The fourth-order valence-electron chi connectivity index (χ4n) is 3.97. The molecule has 4 heterocycles. The van der Waals surface area contributed by atoms with Crippen LogP contribution in [-0.2, 0) is 16.1 Å². The summed E-state index contributed by atoms with van der Waals surface area (Å²) in [5.74, 6) is -0.345. The van der Waals surface area contributed by atoms with Crippen LogP contribution in [0.3, 0.4) is 0 Å². The Morgan fingerprint density at radius 2 is 2.10 bits per heavy atom. The topological polar surface area (TPSA) is 134 Å². The SMILES string of the molecule is CN1CCN(CCCn2nnnc2SCC2(C(=O)O)CS[C@@H]3C(N)C(=O)N3C2)CC1. The van der Waals surface area contributed by atoms with Gasteiger partial charge >= 0.3 is 5.97 Å². The van der Waals surface area contributed by atoms with E-state index in [1.165, 1.54) is 23.5 Å². The van der Waals surface area contributed by atoms with Crippen molar-refractivity contribution in [3.63, 3.8) is 0 Å². The summed E-state index contributed by atoms with van der Waals surface area (Å²) in [5.41, 5.74) is 4.79. The fourth-order valence-corrected chi connectivity index (χ4v) is 6.68. The summed E-state index contributed by atoms with van der Waals surface area (Å²) in [7, 11) is 2.14. The molecular formula is C17H28N8O3S2. The largest absolute Gasteiger partial charge is 0.481 e. The van der Waals surface area contributed by atoms with E-state index in [0.717, 1.165) is 39.1 Å². The van der Waals surface area contributed by atoms with Gasteiger partial charge in [-0.15, -0.1) is 16.9 Å². The molecule has 0 aliphatic carbocycles. The van der Waals surface area contributed by atoms with Crippen molar-refractivity contribution in [3.8, 4) is 0 Å². The Balaban J connectivity index is 1.31. The summed E-state index contributed by atoms with van der Waals surface area (Å²) in [5, 5.41) is 22.4. The molecule has 3 fully saturated rings. The molecule has 0 radical (unpaired) electrons. The van der Waals surface area contributed by atoms with Gasteiger partial charge in [0.1, 0.15) is 16.8 Å². The highest BCUT2D eigenvalue weighted by Gasteiger charge is 2.55. The number of nitrogens with two attached hydrogens (primary N) is 1. The minimum Gasteiger partial charge on any atom is -0.481 e. The standard InChI is InChI=1S/C17H28N8O3S2/c1-22-5-7-23(8-6-22)3-2-4-25-16(19-20-21-25)30-11-17(15(27)28)9-24-13(26)12(18)14(24)29-10-17/h12,14H,2-11,18H2,1H3,(H,27,28)/t12?,14-,17?/m1/s1. The molecule has 0 bridgehead atoms. The molecule has 3 aliphatic rings. The molecule has 13 heteroatoms. The Morgan fingerprint density at radius 1 is 1.33 bits per heavy atom. The van der Waals surface area contributed by atoms with Crippen LogP contribution >= 0.6 is 23.5 Å².